The second kappa shape index (κ2) is 4.87. The van der Waals surface area contributed by atoms with Crippen LogP contribution in [0.4, 0.5) is 0 Å². The second-order valence-corrected chi connectivity index (χ2v) is 2.94. The Bertz CT molecular complexity index is 189. The third-order valence-electron chi connectivity index (χ3n) is 1.77. The van der Waals surface area contributed by atoms with E-state index in [-0.39, 0.29) is 5.91 Å². The van der Waals surface area contributed by atoms with Gasteiger partial charge in [0.2, 0.25) is 5.91 Å². The molecule has 0 unspecified atom stereocenters. The summed E-state index contributed by atoms with van der Waals surface area (Å²) in [7, 11) is 0. The van der Waals surface area contributed by atoms with Crippen LogP contribution in [0, 0.1) is 0 Å². The standard InChI is InChI=1S/C8H15N3O/c1-7(12)11-10-6-8-4-2-3-5-9-8/h10H,2-6H2,1H3,(H,11,12). The maximum Gasteiger partial charge on any atom is 0.230 e. The van der Waals surface area contributed by atoms with Crippen molar-refractivity contribution >= 4 is 11.6 Å². The first-order chi connectivity index (χ1) is 5.79. The van der Waals surface area contributed by atoms with Crippen molar-refractivity contribution in [2.75, 3.05) is 13.1 Å². The lowest BCUT2D eigenvalue weighted by atomic mass is 10.1. The summed E-state index contributed by atoms with van der Waals surface area (Å²) >= 11 is 0. The molecule has 68 valence electrons. The lowest BCUT2D eigenvalue weighted by Crippen LogP contribution is -2.39. The first-order valence-electron chi connectivity index (χ1n) is 4.30. The van der Waals surface area contributed by atoms with Crippen molar-refractivity contribution in [1.82, 2.24) is 10.9 Å². The van der Waals surface area contributed by atoms with Crippen LogP contribution < -0.4 is 10.9 Å². The van der Waals surface area contributed by atoms with E-state index in [4.69, 9.17) is 0 Å². The summed E-state index contributed by atoms with van der Waals surface area (Å²) in [6, 6.07) is 0. The van der Waals surface area contributed by atoms with Crippen LogP contribution in [0.3, 0.4) is 0 Å². The molecular weight excluding hydrogens is 154 g/mol. The van der Waals surface area contributed by atoms with Crippen LogP contribution in [0.25, 0.3) is 0 Å². The summed E-state index contributed by atoms with van der Waals surface area (Å²) in [6.07, 6.45) is 3.48. The fourth-order valence-electron chi connectivity index (χ4n) is 1.17. The molecule has 0 aromatic carbocycles. The molecule has 0 aliphatic carbocycles. The number of hydrogen-bond acceptors (Lipinski definition) is 3. The van der Waals surface area contributed by atoms with Gasteiger partial charge in [0.25, 0.3) is 0 Å². The van der Waals surface area contributed by atoms with Gasteiger partial charge >= 0.3 is 0 Å². The van der Waals surface area contributed by atoms with Gasteiger partial charge in [0.1, 0.15) is 0 Å². The Morgan fingerprint density at radius 1 is 1.58 bits per heavy atom. The normalized spacial score (nSPS) is 16.9. The van der Waals surface area contributed by atoms with Crippen LogP contribution in [0.15, 0.2) is 4.99 Å². The number of carbonyl (C=O) groups excluding carboxylic acids is 1. The molecule has 0 saturated carbocycles. The van der Waals surface area contributed by atoms with E-state index < -0.39 is 0 Å². The van der Waals surface area contributed by atoms with E-state index in [1.807, 2.05) is 0 Å². The van der Waals surface area contributed by atoms with Gasteiger partial charge in [-0.3, -0.25) is 15.2 Å². The molecular formula is C8H15N3O. The maximum atomic E-state index is 10.5. The summed E-state index contributed by atoms with van der Waals surface area (Å²) in [5.74, 6) is -0.0635. The Kier molecular flexibility index (Phi) is 3.73. The van der Waals surface area contributed by atoms with Crippen LogP contribution in [-0.2, 0) is 4.79 Å². The van der Waals surface area contributed by atoms with Crippen molar-refractivity contribution < 1.29 is 4.79 Å². The van der Waals surface area contributed by atoms with Gasteiger partial charge < -0.3 is 0 Å². The number of rotatable bonds is 3. The molecule has 1 aliphatic heterocycles. The molecule has 12 heavy (non-hydrogen) atoms. The molecule has 0 aromatic heterocycles. The van der Waals surface area contributed by atoms with Crippen LogP contribution in [-0.4, -0.2) is 24.7 Å². The van der Waals surface area contributed by atoms with Gasteiger partial charge in [-0.25, -0.2) is 5.43 Å². The Balaban J connectivity index is 2.13. The molecule has 0 aromatic rings. The summed E-state index contributed by atoms with van der Waals surface area (Å²) in [4.78, 5) is 14.8. The number of carbonyl (C=O) groups is 1. The quantitative estimate of drug-likeness (QED) is 0.595. The van der Waals surface area contributed by atoms with E-state index in [0.29, 0.717) is 6.54 Å². The summed E-state index contributed by atoms with van der Waals surface area (Å²) in [6.45, 7) is 3.10. The molecule has 1 rings (SSSR count). The first kappa shape index (κ1) is 9.19. The van der Waals surface area contributed by atoms with Crippen LogP contribution in [0.2, 0.25) is 0 Å². The van der Waals surface area contributed by atoms with E-state index >= 15 is 0 Å². The summed E-state index contributed by atoms with van der Waals surface area (Å²) < 4.78 is 0. The fraction of sp³-hybridized carbons (Fsp3) is 0.750. The van der Waals surface area contributed by atoms with Gasteiger partial charge in [0.15, 0.2) is 0 Å². The Morgan fingerprint density at radius 2 is 2.42 bits per heavy atom. The Labute approximate surface area is 72.4 Å². The highest BCUT2D eigenvalue weighted by molar-refractivity contribution is 5.87. The Hall–Kier alpha value is -0.900. The zero-order valence-electron chi connectivity index (χ0n) is 7.39. The minimum atomic E-state index is -0.0635. The van der Waals surface area contributed by atoms with E-state index in [0.717, 1.165) is 18.7 Å². The third-order valence-corrected chi connectivity index (χ3v) is 1.77. The number of nitrogens with zero attached hydrogens (tertiary/aromatic N) is 1. The number of aliphatic imine (C=N–C) groups is 1. The SMILES string of the molecule is CC(=O)NNCC1=NCCCC1. The number of amides is 1. The first-order valence-corrected chi connectivity index (χ1v) is 4.30. The molecule has 4 heteroatoms. The highest BCUT2D eigenvalue weighted by atomic mass is 16.2. The molecule has 1 aliphatic rings. The second-order valence-electron chi connectivity index (χ2n) is 2.94. The van der Waals surface area contributed by atoms with E-state index in [2.05, 4.69) is 15.8 Å². The minimum absolute atomic E-state index is 0.0635. The number of hydrazine groups is 1. The summed E-state index contributed by atoms with van der Waals surface area (Å²) in [5.41, 5.74) is 6.51. The topological polar surface area (TPSA) is 53.5 Å². The highest BCUT2D eigenvalue weighted by Crippen LogP contribution is 2.04. The van der Waals surface area contributed by atoms with Gasteiger partial charge in [-0.1, -0.05) is 0 Å². The molecule has 0 atom stereocenters. The minimum Gasteiger partial charge on any atom is -0.293 e. The van der Waals surface area contributed by atoms with Crippen molar-refractivity contribution in [3.05, 3.63) is 0 Å². The van der Waals surface area contributed by atoms with Gasteiger partial charge in [-0.15, -0.1) is 0 Å². The average molecular weight is 169 g/mol. The zero-order chi connectivity index (χ0) is 8.81. The lowest BCUT2D eigenvalue weighted by molar-refractivity contribution is -0.119. The van der Waals surface area contributed by atoms with Crippen LogP contribution in [0.5, 0.6) is 0 Å². The summed E-state index contributed by atoms with van der Waals surface area (Å²) in [5, 5.41) is 0. The van der Waals surface area contributed by atoms with Crippen molar-refractivity contribution in [3.8, 4) is 0 Å². The van der Waals surface area contributed by atoms with Gasteiger partial charge in [-0.2, -0.15) is 0 Å². The van der Waals surface area contributed by atoms with Crippen molar-refractivity contribution in [2.24, 2.45) is 4.99 Å². The smallest absolute Gasteiger partial charge is 0.230 e. The molecule has 0 fully saturated rings. The molecule has 2 N–H and O–H groups in total. The predicted octanol–water partition coefficient (Wildman–Crippen LogP) is 0.252. The molecule has 0 spiro atoms. The fourth-order valence-corrected chi connectivity index (χ4v) is 1.17. The average Bonchev–Trinajstić information content (AvgIpc) is 2.05. The van der Waals surface area contributed by atoms with Crippen LogP contribution >= 0.6 is 0 Å². The van der Waals surface area contributed by atoms with E-state index in [9.17, 15) is 4.79 Å². The monoisotopic (exact) mass is 169 g/mol. The molecule has 4 nitrogen and oxygen atoms in total. The highest BCUT2D eigenvalue weighted by Gasteiger charge is 2.03. The molecule has 1 heterocycles. The number of nitrogens with one attached hydrogen (secondary N) is 2. The van der Waals surface area contributed by atoms with E-state index in [1.54, 1.807) is 0 Å². The Morgan fingerprint density at radius 3 is 3.00 bits per heavy atom. The van der Waals surface area contributed by atoms with Gasteiger partial charge in [0, 0.05) is 19.2 Å². The van der Waals surface area contributed by atoms with Crippen molar-refractivity contribution in [3.63, 3.8) is 0 Å². The van der Waals surface area contributed by atoms with E-state index in [1.165, 1.54) is 19.8 Å². The molecule has 1 amide bonds. The maximum absolute atomic E-state index is 10.5. The zero-order valence-corrected chi connectivity index (χ0v) is 7.39. The lowest BCUT2D eigenvalue weighted by Gasteiger charge is -2.12. The number of hydrogen-bond donors (Lipinski definition) is 2. The van der Waals surface area contributed by atoms with Crippen molar-refractivity contribution in [2.45, 2.75) is 26.2 Å². The molecule has 0 radical (unpaired) electrons. The molecule has 0 saturated heterocycles. The van der Waals surface area contributed by atoms with Gasteiger partial charge in [-0.05, 0) is 19.3 Å². The van der Waals surface area contributed by atoms with Crippen molar-refractivity contribution in [1.29, 1.82) is 0 Å². The third kappa shape index (κ3) is 3.48. The largest absolute Gasteiger partial charge is 0.293 e. The van der Waals surface area contributed by atoms with Gasteiger partial charge in [0.05, 0.1) is 6.54 Å². The predicted molar refractivity (Wildman–Crippen MR) is 48.0 cm³/mol. The molecule has 0 bridgehead atoms. The van der Waals surface area contributed by atoms with Crippen LogP contribution in [0.1, 0.15) is 26.2 Å².